The number of halogens is 1. The zero-order valence-corrected chi connectivity index (χ0v) is 15.6. The molecule has 2 aliphatic heterocycles. The van der Waals surface area contributed by atoms with E-state index in [1.165, 1.54) is 5.56 Å². The van der Waals surface area contributed by atoms with Gasteiger partial charge in [-0.05, 0) is 49.1 Å². The third kappa shape index (κ3) is 2.76. The number of anilines is 1. The summed E-state index contributed by atoms with van der Waals surface area (Å²) in [6.45, 7) is 3.60. The van der Waals surface area contributed by atoms with Crippen LogP contribution in [0.15, 0.2) is 24.3 Å². The summed E-state index contributed by atoms with van der Waals surface area (Å²) in [6.07, 6.45) is 1.84. The van der Waals surface area contributed by atoms with Crippen molar-refractivity contribution in [2.24, 2.45) is 0 Å². The molecule has 2 aromatic rings. The van der Waals surface area contributed by atoms with Crippen molar-refractivity contribution in [1.82, 2.24) is 0 Å². The topological polar surface area (TPSA) is 48.0 Å². The lowest BCUT2D eigenvalue weighted by Crippen LogP contribution is -2.36. The van der Waals surface area contributed by atoms with Crippen molar-refractivity contribution in [3.8, 4) is 17.2 Å². The number of methoxy groups -OCH3 is 1. The number of carbonyl (C=O) groups excluding carboxylic acids is 1. The largest absolute Gasteiger partial charge is 0.495 e. The Bertz CT molecular complexity index is 881. The number of amides is 1. The first-order valence-corrected chi connectivity index (χ1v) is 9.05. The molecular weight excluding hydrogens is 354 g/mol. The molecule has 136 valence electrons. The van der Waals surface area contributed by atoms with Gasteiger partial charge in [0.15, 0.2) is 11.5 Å². The minimum Gasteiger partial charge on any atom is -0.495 e. The highest BCUT2D eigenvalue weighted by atomic mass is 35.5. The molecule has 5 nitrogen and oxygen atoms in total. The first-order valence-electron chi connectivity index (χ1n) is 8.67. The van der Waals surface area contributed by atoms with E-state index in [2.05, 4.69) is 6.92 Å². The maximum atomic E-state index is 13.3. The van der Waals surface area contributed by atoms with Crippen LogP contribution in [0.3, 0.4) is 0 Å². The number of nitrogens with zero attached hydrogens (tertiary/aromatic N) is 1. The Balaban J connectivity index is 1.77. The van der Waals surface area contributed by atoms with E-state index >= 15 is 0 Å². The summed E-state index contributed by atoms with van der Waals surface area (Å²) in [5.41, 5.74) is 3.66. The summed E-state index contributed by atoms with van der Waals surface area (Å²) in [4.78, 5) is 15.1. The second kappa shape index (κ2) is 6.72. The van der Waals surface area contributed by atoms with Crippen LogP contribution in [0.4, 0.5) is 5.69 Å². The summed E-state index contributed by atoms with van der Waals surface area (Å²) >= 11 is 6.31. The van der Waals surface area contributed by atoms with Crippen LogP contribution < -0.4 is 19.1 Å². The van der Waals surface area contributed by atoms with E-state index in [-0.39, 0.29) is 5.91 Å². The summed E-state index contributed by atoms with van der Waals surface area (Å²) in [5.74, 6) is 1.61. The fourth-order valence-electron chi connectivity index (χ4n) is 3.61. The van der Waals surface area contributed by atoms with Gasteiger partial charge in [0.1, 0.15) is 19.0 Å². The lowest BCUT2D eigenvalue weighted by molar-refractivity contribution is 0.0983. The van der Waals surface area contributed by atoms with Crippen LogP contribution in [0.25, 0.3) is 0 Å². The van der Waals surface area contributed by atoms with E-state index in [0.717, 1.165) is 24.1 Å². The van der Waals surface area contributed by atoms with Crippen LogP contribution in [0.1, 0.15) is 27.9 Å². The Labute approximate surface area is 157 Å². The van der Waals surface area contributed by atoms with E-state index in [1.807, 2.05) is 12.1 Å². The van der Waals surface area contributed by atoms with Gasteiger partial charge in [0.05, 0.1) is 17.8 Å². The molecule has 2 aliphatic rings. The SMILES string of the molecule is COc1ccc(C)c2c1N(C(=O)c1cc(Cl)c3c(c1)OCCO3)CCC2. The van der Waals surface area contributed by atoms with Gasteiger partial charge < -0.3 is 19.1 Å². The van der Waals surface area contributed by atoms with E-state index < -0.39 is 0 Å². The first-order chi connectivity index (χ1) is 12.6. The van der Waals surface area contributed by atoms with Crippen molar-refractivity contribution in [2.45, 2.75) is 19.8 Å². The number of fused-ring (bicyclic) bond motifs is 2. The monoisotopic (exact) mass is 373 g/mol. The number of ether oxygens (including phenoxy) is 3. The molecule has 4 rings (SSSR count). The van der Waals surface area contributed by atoms with Crippen molar-refractivity contribution >= 4 is 23.2 Å². The molecule has 26 heavy (non-hydrogen) atoms. The average Bonchev–Trinajstić information content (AvgIpc) is 2.67. The minimum atomic E-state index is -0.117. The molecule has 0 fully saturated rings. The van der Waals surface area contributed by atoms with Gasteiger partial charge in [-0.25, -0.2) is 0 Å². The zero-order chi connectivity index (χ0) is 18.3. The smallest absolute Gasteiger partial charge is 0.258 e. The molecule has 0 saturated heterocycles. The van der Waals surface area contributed by atoms with E-state index in [1.54, 1.807) is 24.1 Å². The quantitative estimate of drug-likeness (QED) is 0.797. The number of benzene rings is 2. The number of rotatable bonds is 2. The number of aryl methyl sites for hydroxylation is 1. The van der Waals surface area contributed by atoms with Gasteiger partial charge in [0.2, 0.25) is 0 Å². The highest BCUT2D eigenvalue weighted by Crippen LogP contribution is 2.41. The predicted octanol–water partition coefficient (Wildman–Crippen LogP) is 4.02. The van der Waals surface area contributed by atoms with Crippen LogP contribution in [-0.4, -0.2) is 32.8 Å². The molecule has 2 heterocycles. The standard InChI is InChI=1S/C20H20ClNO4/c1-12-5-6-16(24-2)18-14(12)4-3-7-22(18)20(23)13-10-15(21)19-17(11-13)25-8-9-26-19/h5-6,10-11H,3-4,7-9H2,1-2H3. The lowest BCUT2D eigenvalue weighted by Gasteiger charge is -2.32. The normalized spacial score (nSPS) is 15.4. The van der Waals surface area contributed by atoms with Gasteiger partial charge in [0, 0.05) is 12.1 Å². The van der Waals surface area contributed by atoms with E-state index in [4.69, 9.17) is 25.8 Å². The fraction of sp³-hybridized carbons (Fsp3) is 0.350. The van der Waals surface area contributed by atoms with Gasteiger partial charge in [-0.3, -0.25) is 4.79 Å². The van der Waals surface area contributed by atoms with Gasteiger partial charge in [-0.1, -0.05) is 17.7 Å². The lowest BCUT2D eigenvalue weighted by atomic mass is 9.95. The van der Waals surface area contributed by atoms with Crippen LogP contribution in [0.5, 0.6) is 17.2 Å². The Morgan fingerprint density at radius 2 is 2.04 bits per heavy atom. The van der Waals surface area contributed by atoms with Crippen molar-refractivity contribution in [2.75, 3.05) is 31.8 Å². The highest BCUT2D eigenvalue weighted by molar-refractivity contribution is 6.33. The molecule has 6 heteroatoms. The minimum absolute atomic E-state index is 0.117. The number of hydrogen-bond donors (Lipinski definition) is 0. The Hall–Kier alpha value is -2.40. The molecule has 0 spiro atoms. The predicted molar refractivity (Wildman–Crippen MR) is 100 cm³/mol. The fourth-order valence-corrected chi connectivity index (χ4v) is 3.88. The van der Waals surface area contributed by atoms with Gasteiger partial charge >= 0.3 is 0 Å². The average molecular weight is 374 g/mol. The highest BCUT2D eigenvalue weighted by Gasteiger charge is 2.29. The Morgan fingerprint density at radius 3 is 2.85 bits per heavy atom. The molecule has 0 radical (unpaired) electrons. The van der Waals surface area contributed by atoms with Crippen LogP contribution in [-0.2, 0) is 6.42 Å². The molecule has 2 aromatic carbocycles. The molecule has 0 atom stereocenters. The van der Waals surface area contributed by atoms with Gasteiger partial charge in [-0.15, -0.1) is 0 Å². The molecule has 0 bridgehead atoms. The molecule has 1 amide bonds. The van der Waals surface area contributed by atoms with Crippen LogP contribution in [0, 0.1) is 6.92 Å². The third-order valence-corrected chi connectivity index (χ3v) is 5.15. The molecule has 0 aromatic heterocycles. The molecular formula is C20H20ClNO4. The van der Waals surface area contributed by atoms with Crippen LogP contribution >= 0.6 is 11.6 Å². The summed E-state index contributed by atoms with van der Waals surface area (Å²) in [6, 6.07) is 7.30. The van der Waals surface area contributed by atoms with E-state index in [0.29, 0.717) is 47.6 Å². The maximum absolute atomic E-state index is 13.3. The van der Waals surface area contributed by atoms with E-state index in [9.17, 15) is 4.79 Å². The second-order valence-electron chi connectivity index (χ2n) is 6.45. The van der Waals surface area contributed by atoms with Gasteiger partial charge in [-0.2, -0.15) is 0 Å². The molecule has 0 aliphatic carbocycles. The number of hydrogen-bond acceptors (Lipinski definition) is 4. The molecule has 0 unspecified atom stereocenters. The van der Waals surface area contributed by atoms with Gasteiger partial charge in [0.25, 0.3) is 5.91 Å². The maximum Gasteiger partial charge on any atom is 0.258 e. The third-order valence-electron chi connectivity index (χ3n) is 4.87. The van der Waals surface area contributed by atoms with Crippen molar-refractivity contribution in [3.05, 3.63) is 46.0 Å². The second-order valence-corrected chi connectivity index (χ2v) is 6.86. The molecule has 0 saturated carbocycles. The Kier molecular flexibility index (Phi) is 4.41. The first kappa shape index (κ1) is 17.0. The summed E-state index contributed by atoms with van der Waals surface area (Å²) in [5, 5.41) is 0.388. The molecule has 0 N–H and O–H groups in total. The van der Waals surface area contributed by atoms with Crippen molar-refractivity contribution in [1.29, 1.82) is 0 Å². The number of carbonyl (C=O) groups is 1. The van der Waals surface area contributed by atoms with Crippen molar-refractivity contribution < 1.29 is 19.0 Å². The van der Waals surface area contributed by atoms with Crippen LogP contribution in [0.2, 0.25) is 5.02 Å². The Morgan fingerprint density at radius 1 is 1.23 bits per heavy atom. The zero-order valence-electron chi connectivity index (χ0n) is 14.8. The summed E-state index contributed by atoms with van der Waals surface area (Å²) in [7, 11) is 1.63. The van der Waals surface area contributed by atoms with Crippen molar-refractivity contribution in [3.63, 3.8) is 0 Å². The summed E-state index contributed by atoms with van der Waals surface area (Å²) < 4.78 is 16.7.